The number of benzene rings is 3. The van der Waals surface area contributed by atoms with Crippen LogP contribution in [0.4, 0.5) is 0 Å². The number of rotatable bonds is 5. The average Bonchev–Trinajstić information content (AvgIpc) is 3.27. The first-order chi connectivity index (χ1) is 14.2. The zero-order valence-electron chi connectivity index (χ0n) is 15.4. The van der Waals surface area contributed by atoms with Gasteiger partial charge in [-0.05, 0) is 29.0 Å². The molecule has 1 heterocycles. The number of nitrogens with one attached hydrogen (secondary N) is 3. The van der Waals surface area contributed by atoms with Crippen molar-refractivity contribution < 1.29 is 14.3 Å². The third-order valence-electron chi connectivity index (χ3n) is 4.30. The predicted octanol–water partition coefficient (Wildman–Crippen LogP) is 3.07. The van der Waals surface area contributed by atoms with E-state index in [-0.39, 0.29) is 12.3 Å². The quantitative estimate of drug-likeness (QED) is 0.459. The molecular weight excluding hydrogens is 368 g/mol. The number of hydrazine groups is 1. The van der Waals surface area contributed by atoms with E-state index < -0.39 is 11.8 Å². The lowest BCUT2D eigenvalue weighted by Gasteiger charge is -2.09. The SMILES string of the molecule is O=C(COc1ccc2ccccc2c1)NNC(=O)c1cc(-c2ccccc2)n[nH]1. The highest BCUT2D eigenvalue weighted by atomic mass is 16.5. The van der Waals surface area contributed by atoms with Crippen LogP contribution in [0.5, 0.6) is 5.75 Å². The van der Waals surface area contributed by atoms with Crippen molar-refractivity contribution in [1.29, 1.82) is 0 Å². The van der Waals surface area contributed by atoms with Gasteiger partial charge >= 0.3 is 0 Å². The highest BCUT2D eigenvalue weighted by Crippen LogP contribution is 2.20. The van der Waals surface area contributed by atoms with Crippen LogP contribution >= 0.6 is 0 Å². The zero-order chi connectivity index (χ0) is 20.1. The number of hydrogen-bond acceptors (Lipinski definition) is 4. The number of H-pyrrole nitrogens is 1. The van der Waals surface area contributed by atoms with Crippen LogP contribution in [-0.2, 0) is 4.79 Å². The van der Waals surface area contributed by atoms with Crippen LogP contribution in [0.2, 0.25) is 0 Å². The molecule has 0 unspecified atom stereocenters. The third kappa shape index (κ3) is 4.41. The summed E-state index contributed by atoms with van der Waals surface area (Å²) in [5, 5.41) is 8.88. The summed E-state index contributed by atoms with van der Waals surface area (Å²) in [6.45, 7) is -0.225. The first-order valence-electron chi connectivity index (χ1n) is 9.01. The van der Waals surface area contributed by atoms with Crippen LogP contribution in [0.1, 0.15) is 10.5 Å². The van der Waals surface area contributed by atoms with Gasteiger partial charge in [0.05, 0.1) is 5.69 Å². The van der Waals surface area contributed by atoms with E-state index in [0.717, 1.165) is 16.3 Å². The Morgan fingerprint density at radius 1 is 0.862 bits per heavy atom. The number of amides is 2. The molecule has 7 heteroatoms. The maximum atomic E-state index is 12.2. The minimum absolute atomic E-state index is 0.225. The number of ether oxygens (including phenoxy) is 1. The van der Waals surface area contributed by atoms with Crippen LogP contribution in [0.3, 0.4) is 0 Å². The van der Waals surface area contributed by atoms with E-state index in [1.54, 1.807) is 12.1 Å². The summed E-state index contributed by atoms with van der Waals surface area (Å²) in [5.41, 5.74) is 6.43. The summed E-state index contributed by atoms with van der Waals surface area (Å²) >= 11 is 0. The van der Waals surface area contributed by atoms with E-state index in [4.69, 9.17) is 4.74 Å². The summed E-state index contributed by atoms with van der Waals surface area (Å²) in [7, 11) is 0. The Bertz CT molecular complexity index is 1150. The molecule has 29 heavy (non-hydrogen) atoms. The van der Waals surface area contributed by atoms with Crippen molar-refractivity contribution in [3.63, 3.8) is 0 Å². The number of aromatic amines is 1. The van der Waals surface area contributed by atoms with Gasteiger partial charge < -0.3 is 4.74 Å². The van der Waals surface area contributed by atoms with Gasteiger partial charge in [0.2, 0.25) is 0 Å². The Hall–Kier alpha value is -4.13. The molecule has 144 valence electrons. The average molecular weight is 386 g/mol. The summed E-state index contributed by atoms with van der Waals surface area (Å²) in [6, 6.07) is 24.5. The summed E-state index contributed by atoms with van der Waals surface area (Å²) in [6.07, 6.45) is 0. The number of carbonyl (C=O) groups is 2. The minimum atomic E-state index is -0.501. The molecule has 0 aliphatic heterocycles. The Morgan fingerprint density at radius 3 is 2.45 bits per heavy atom. The first kappa shape index (κ1) is 18.2. The normalized spacial score (nSPS) is 10.5. The molecule has 0 fully saturated rings. The molecular formula is C22H18N4O3. The zero-order valence-corrected chi connectivity index (χ0v) is 15.4. The van der Waals surface area contributed by atoms with Gasteiger partial charge in [-0.25, -0.2) is 0 Å². The van der Waals surface area contributed by atoms with Gasteiger partial charge in [0.1, 0.15) is 11.4 Å². The fourth-order valence-corrected chi connectivity index (χ4v) is 2.83. The van der Waals surface area contributed by atoms with Gasteiger partial charge in [-0.3, -0.25) is 25.5 Å². The molecule has 0 radical (unpaired) electrons. The van der Waals surface area contributed by atoms with Crippen LogP contribution in [0, 0.1) is 0 Å². The fourth-order valence-electron chi connectivity index (χ4n) is 2.83. The van der Waals surface area contributed by atoms with Crippen LogP contribution < -0.4 is 15.6 Å². The third-order valence-corrected chi connectivity index (χ3v) is 4.30. The van der Waals surface area contributed by atoms with E-state index in [1.165, 1.54) is 0 Å². The molecule has 7 nitrogen and oxygen atoms in total. The maximum Gasteiger partial charge on any atom is 0.287 e. The van der Waals surface area contributed by atoms with Crippen molar-refractivity contribution in [3.8, 4) is 17.0 Å². The second-order valence-corrected chi connectivity index (χ2v) is 6.33. The smallest absolute Gasteiger partial charge is 0.287 e. The van der Waals surface area contributed by atoms with Gasteiger partial charge in [-0.2, -0.15) is 5.10 Å². The Morgan fingerprint density at radius 2 is 1.62 bits per heavy atom. The monoisotopic (exact) mass is 386 g/mol. The predicted molar refractivity (Wildman–Crippen MR) is 109 cm³/mol. The molecule has 2 amide bonds. The molecule has 0 spiro atoms. The molecule has 4 aromatic rings. The molecule has 0 bridgehead atoms. The van der Waals surface area contributed by atoms with E-state index in [2.05, 4.69) is 21.0 Å². The highest BCUT2D eigenvalue weighted by molar-refractivity contribution is 5.94. The summed E-state index contributed by atoms with van der Waals surface area (Å²) in [4.78, 5) is 24.1. The lowest BCUT2D eigenvalue weighted by atomic mass is 10.1. The number of carbonyl (C=O) groups excluding carboxylic acids is 2. The van der Waals surface area contributed by atoms with Gasteiger partial charge in [-0.1, -0.05) is 60.7 Å². The molecule has 0 saturated heterocycles. The standard InChI is InChI=1S/C22H18N4O3/c27-21(14-29-18-11-10-15-6-4-5-9-17(15)12-18)25-26-22(28)20-13-19(23-24-20)16-7-2-1-3-8-16/h1-13H,14H2,(H,23,24)(H,25,27)(H,26,28). The second kappa shape index (κ2) is 8.26. The van der Waals surface area contributed by atoms with Crippen molar-refractivity contribution in [2.24, 2.45) is 0 Å². The molecule has 3 aromatic carbocycles. The van der Waals surface area contributed by atoms with Crippen molar-refractivity contribution >= 4 is 22.6 Å². The van der Waals surface area contributed by atoms with E-state index in [0.29, 0.717) is 11.4 Å². The second-order valence-electron chi connectivity index (χ2n) is 6.33. The molecule has 3 N–H and O–H groups in total. The summed E-state index contributed by atoms with van der Waals surface area (Å²) in [5.74, 6) is -0.403. The lowest BCUT2D eigenvalue weighted by Crippen LogP contribution is -2.44. The van der Waals surface area contributed by atoms with Crippen molar-refractivity contribution in [2.45, 2.75) is 0 Å². The number of aromatic nitrogens is 2. The van der Waals surface area contributed by atoms with Crippen molar-refractivity contribution in [2.75, 3.05) is 6.61 Å². The molecule has 1 aromatic heterocycles. The van der Waals surface area contributed by atoms with Crippen molar-refractivity contribution in [3.05, 3.63) is 84.6 Å². The van der Waals surface area contributed by atoms with Crippen molar-refractivity contribution in [1.82, 2.24) is 21.0 Å². The molecule has 0 saturated carbocycles. The lowest BCUT2D eigenvalue weighted by molar-refractivity contribution is -0.123. The Kier molecular flexibility index (Phi) is 5.20. The fraction of sp³-hybridized carbons (Fsp3) is 0.0455. The van der Waals surface area contributed by atoms with E-state index in [1.807, 2.05) is 66.7 Å². The van der Waals surface area contributed by atoms with Crippen LogP contribution in [0.25, 0.3) is 22.0 Å². The van der Waals surface area contributed by atoms with Gasteiger partial charge in [0.15, 0.2) is 6.61 Å². The Labute approximate surface area is 166 Å². The van der Waals surface area contributed by atoms with Crippen LogP contribution in [-0.4, -0.2) is 28.6 Å². The number of hydrogen-bond donors (Lipinski definition) is 3. The van der Waals surface area contributed by atoms with E-state index >= 15 is 0 Å². The van der Waals surface area contributed by atoms with Crippen LogP contribution in [0.15, 0.2) is 78.9 Å². The maximum absolute atomic E-state index is 12.2. The number of nitrogens with zero attached hydrogens (tertiary/aromatic N) is 1. The summed E-state index contributed by atoms with van der Waals surface area (Å²) < 4.78 is 5.49. The molecule has 0 atom stereocenters. The molecule has 0 aliphatic carbocycles. The molecule has 4 rings (SSSR count). The highest BCUT2D eigenvalue weighted by Gasteiger charge is 2.12. The van der Waals surface area contributed by atoms with Gasteiger partial charge in [0, 0.05) is 5.56 Å². The first-order valence-corrected chi connectivity index (χ1v) is 9.01. The topological polar surface area (TPSA) is 96.1 Å². The van der Waals surface area contributed by atoms with Gasteiger partial charge in [-0.15, -0.1) is 0 Å². The number of fused-ring (bicyclic) bond motifs is 1. The van der Waals surface area contributed by atoms with Gasteiger partial charge in [0.25, 0.3) is 11.8 Å². The largest absolute Gasteiger partial charge is 0.484 e. The molecule has 0 aliphatic rings. The van der Waals surface area contributed by atoms with E-state index in [9.17, 15) is 9.59 Å². The minimum Gasteiger partial charge on any atom is -0.484 e. The Balaban J connectivity index is 1.29.